The first-order valence-electron chi connectivity index (χ1n) is 7.37. The lowest BCUT2D eigenvalue weighted by molar-refractivity contribution is -0.142. The fourth-order valence-electron chi connectivity index (χ4n) is 2.04. The van der Waals surface area contributed by atoms with Gasteiger partial charge in [-0.1, -0.05) is 50.1 Å². The van der Waals surface area contributed by atoms with Crippen molar-refractivity contribution in [3.8, 4) is 0 Å². The van der Waals surface area contributed by atoms with Crippen LogP contribution in [0.5, 0.6) is 0 Å². The Labute approximate surface area is 125 Å². The van der Waals surface area contributed by atoms with Crippen molar-refractivity contribution in [2.24, 2.45) is 5.73 Å². The van der Waals surface area contributed by atoms with Crippen LogP contribution in [0.25, 0.3) is 0 Å². The number of aryl methyl sites for hydroxylation is 1. The summed E-state index contributed by atoms with van der Waals surface area (Å²) in [5.41, 5.74) is 6.95. The number of nitrogens with one attached hydrogen (secondary N) is 1. The number of unbranched alkanes of at least 4 members (excludes halogenated alkanes) is 1. The van der Waals surface area contributed by atoms with Gasteiger partial charge in [-0.2, -0.15) is 0 Å². The quantitative estimate of drug-likeness (QED) is 0.646. The molecule has 4 N–H and O–H groups in total. The molecule has 21 heavy (non-hydrogen) atoms. The van der Waals surface area contributed by atoms with E-state index in [1.165, 1.54) is 0 Å². The SMILES string of the molecule is CCCC[C@H](NC(=O)[C@@H](N)CCc1ccccc1)C(=O)O. The number of carbonyl (C=O) groups is 2. The molecule has 5 heteroatoms. The Morgan fingerprint density at radius 2 is 1.90 bits per heavy atom. The monoisotopic (exact) mass is 292 g/mol. The largest absolute Gasteiger partial charge is 0.480 e. The maximum Gasteiger partial charge on any atom is 0.326 e. The van der Waals surface area contributed by atoms with Crippen molar-refractivity contribution in [3.63, 3.8) is 0 Å². The Balaban J connectivity index is 2.43. The summed E-state index contributed by atoms with van der Waals surface area (Å²) in [7, 11) is 0. The Kier molecular flexibility index (Phi) is 7.46. The lowest BCUT2D eigenvalue weighted by Crippen LogP contribution is -2.48. The zero-order valence-electron chi connectivity index (χ0n) is 12.4. The fraction of sp³-hybridized carbons (Fsp3) is 0.500. The Morgan fingerprint density at radius 3 is 2.48 bits per heavy atom. The number of amides is 1. The summed E-state index contributed by atoms with van der Waals surface area (Å²) >= 11 is 0. The van der Waals surface area contributed by atoms with Gasteiger partial charge < -0.3 is 16.2 Å². The van der Waals surface area contributed by atoms with Gasteiger partial charge >= 0.3 is 5.97 Å². The molecule has 0 aliphatic carbocycles. The summed E-state index contributed by atoms with van der Waals surface area (Å²) < 4.78 is 0. The molecule has 0 aliphatic heterocycles. The second-order valence-electron chi connectivity index (χ2n) is 5.17. The summed E-state index contributed by atoms with van der Waals surface area (Å²) in [6, 6.07) is 8.23. The van der Waals surface area contributed by atoms with Crippen LogP contribution < -0.4 is 11.1 Å². The third kappa shape index (κ3) is 6.40. The highest BCUT2D eigenvalue weighted by Crippen LogP contribution is 2.05. The predicted octanol–water partition coefficient (Wildman–Crippen LogP) is 1.71. The third-order valence-electron chi connectivity index (χ3n) is 3.38. The van der Waals surface area contributed by atoms with Crippen molar-refractivity contribution in [2.45, 2.75) is 51.1 Å². The van der Waals surface area contributed by atoms with Crippen molar-refractivity contribution < 1.29 is 14.7 Å². The number of hydrogen-bond acceptors (Lipinski definition) is 3. The Morgan fingerprint density at radius 1 is 1.24 bits per heavy atom. The number of nitrogens with two attached hydrogens (primary N) is 1. The molecular weight excluding hydrogens is 268 g/mol. The first-order valence-corrected chi connectivity index (χ1v) is 7.37. The number of carboxylic acids is 1. The zero-order valence-corrected chi connectivity index (χ0v) is 12.4. The molecule has 1 aromatic rings. The van der Waals surface area contributed by atoms with E-state index in [0.29, 0.717) is 19.3 Å². The van der Waals surface area contributed by atoms with Gasteiger partial charge in [0.05, 0.1) is 6.04 Å². The molecule has 0 unspecified atom stereocenters. The molecule has 1 rings (SSSR count). The van der Waals surface area contributed by atoms with Gasteiger partial charge in [0.25, 0.3) is 0 Å². The molecule has 0 radical (unpaired) electrons. The highest BCUT2D eigenvalue weighted by molar-refractivity contribution is 5.86. The van der Waals surface area contributed by atoms with E-state index >= 15 is 0 Å². The molecular formula is C16H24N2O3. The van der Waals surface area contributed by atoms with Gasteiger partial charge in [0, 0.05) is 0 Å². The van der Waals surface area contributed by atoms with Gasteiger partial charge in [-0.05, 0) is 24.8 Å². The van der Waals surface area contributed by atoms with Gasteiger partial charge in [-0.25, -0.2) is 4.79 Å². The van der Waals surface area contributed by atoms with Crippen LogP contribution in [0.15, 0.2) is 30.3 Å². The number of aliphatic carboxylic acids is 1. The van der Waals surface area contributed by atoms with Gasteiger partial charge in [-0.3, -0.25) is 4.79 Å². The normalized spacial score (nSPS) is 13.4. The van der Waals surface area contributed by atoms with E-state index in [9.17, 15) is 9.59 Å². The molecule has 0 fully saturated rings. The van der Waals surface area contributed by atoms with Crippen molar-refractivity contribution in [2.75, 3.05) is 0 Å². The summed E-state index contributed by atoms with van der Waals surface area (Å²) in [4.78, 5) is 23.0. The third-order valence-corrected chi connectivity index (χ3v) is 3.38. The minimum atomic E-state index is -1.01. The lowest BCUT2D eigenvalue weighted by Gasteiger charge is -2.17. The molecule has 0 aliphatic rings. The number of rotatable bonds is 9. The second-order valence-corrected chi connectivity index (χ2v) is 5.17. The van der Waals surface area contributed by atoms with Crippen LogP contribution in [0.2, 0.25) is 0 Å². The first kappa shape index (κ1) is 17.2. The van der Waals surface area contributed by atoms with Gasteiger partial charge in [0.1, 0.15) is 6.04 Å². The molecule has 1 aromatic carbocycles. The fourth-order valence-corrected chi connectivity index (χ4v) is 2.04. The number of carboxylic acid groups (broad SMARTS) is 1. The smallest absolute Gasteiger partial charge is 0.326 e. The first-order chi connectivity index (χ1) is 10.0. The van der Waals surface area contributed by atoms with Crippen LogP contribution in [0.3, 0.4) is 0 Å². The molecule has 0 saturated heterocycles. The van der Waals surface area contributed by atoms with Crippen molar-refractivity contribution >= 4 is 11.9 Å². The van der Waals surface area contributed by atoms with Gasteiger partial charge in [0.2, 0.25) is 5.91 Å². The standard InChI is InChI=1S/C16H24N2O3/c1-2-3-9-14(16(20)21)18-15(19)13(17)11-10-12-7-5-4-6-8-12/h4-8,13-14H,2-3,9-11,17H2,1H3,(H,18,19)(H,20,21)/t13-,14-/m0/s1. The predicted molar refractivity (Wildman–Crippen MR) is 81.8 cm³/mol. The molecule has 1 amide bonds. The van der Waals surface area contributed by atoms with E-state index in [1.807, 2.05) is 37.3 Å². The Hall–Kier alpha value is -1.88. The van der Waals surface area contributed by atoms with Crippen molar-refractivity contribution in [1.82, 2.24) is 5.32 Å². The molecule has 5 nitrogen and oxygen atoms in total. The maximum atomic E-state index is 11.9. The van der Waals surface area contributed by atoms with E-state index in [2.05, 4.69) is 5.32 Å². The molecule has 2 atom stereocenters. The van der Waals surface area contributed by atoms with E-state index in [1.54, 1.807) is 0 Å². The molecule has 0 spiro atoms. The van der Waals surface area contributed by atoms with Crippen molar-refractivity contribution in [1.29, 1.82) is 0 Å². The van der Waals surface area contributed by atoms with Gasteiger partial charge in [-0.15, -0.1) is 0 Å². The van der Waals surface area contributed by atoms with E-state index in [-0.39, 0.29) is 0 Å². The van der Waals surface area contributed by atoms with Crippen LogP contribution in [-0.2, 0) is 16.0 Å². The number of carbonyl (C=O) groups excluding carboxylic acids is 1. The summed E-state index contributed by atoms with van der Waals surface area (Å²) in [5, 5.41) is 11.6. The molecule has 0 heterocycles. The lowest BCUT2D eigenvalue weighted by atomic mass is 10.0. The van der Waals surface area contributed by atoms with Gasteiger partial charge in [0.15, 0.2) is 0 Å². The van der Waals surface area contributed by atoms with Crippen LogP contribution in [0.1, 0.15) is 38.2 Å². The van der Waals surface area contributed by atoms with Crippen LogP contribution in [0.4, 0.5) is 0 Å². The maximum absolute atomic E-state index is 11.9. The summed E-state index contributed by atoms with van der Waals surface area (Å²) in [6.45, 7) is 1.98. The van der Waals surface area contributed by atoms with Crippen LogP contribution >= 0.6 is 0 Å². The summed E-state index contributed by atoms with van der Waals surface area (Å²) in [6.07, 6.45) is 3.28. The number of hydrogen-bond donors (Lipinski definition) is 3. The Bertz CT molecular complexity index is 448. The zero-order chi connectivity index (χ0) is 15.7. The van der Waals surface area contributed by atoms with E-state index < -0.39 is 24.0 Å². The molecule has 0 bridgehead atoms. The molecule has 0 aromatic heterocycles. The molecule has 0 saturated carbocycles. The second kappa shape index (κ2) is 9.13. The van der Waals surface area contributed by atoms with E-state index in [0.717, 1.165) is 18.4 Å². The average Bonchev–Trinajstić information content (AvgIpc) is 2.49. The van der Waals surface area contributed by atoms with Crippen molar-refractivity contribution in [3.05, 3.63) is 35.9 Å². The minimum Gasteiger partial charge on any atom is -0.480 e. The minimum absolute atomic E-state index is 0.394. The highest BCUT2D eigenvalue weighted by atomic mass is 16.4. The van der Waals surface area contributed by atoms with Crippen LogP contribution in [-0.4, -0.2) is 29.1 Å². The highest BCUT2D eigenvalue weighted by Gasteiger charge is 2.22. The topological polar surface area (TPSA) is 92.4 Å². The number of benzene rings is 1. The van der Waals surface area contributed by atoms with Crippen LogP contribution in [0, 0.1) is 0 Å². The summed E-state index contributed by atoms with van der Waals surface area (Å²) in [5.74, 6) is -1.40. The molecule has 116 valence electrons. The average molecular weight is 292 g/mol. The van der Waals surface area contributed by atoms with E-state index in [4.69, 9.17) is 10.8 Å².